The molecule has 2 fully saturated rings. The van der Waals surface area contributed by atoms with E-state index in [1.807, 2.05) is 0 Å². The fraction of sp³-hybridized carbons (Fsp3) is 0.812. The second-order valence-electron chi connectivity index (χ2n) is 11.6. The Balaban J connectivity index is 1.22. The second kappa shape index (κ2) is 15.8. The van der Waals surface area contributed by atoms with E-state index in [4.69, 9.17) is 4.74 Å². The molecule has 0 aromatic heterocycles. The minimum absolute atomic E-state index is 0.884. The van der Waals surface area contributed by atoms with Crippen LogP contribution < -0.4 is 4.74 Å². The molecular formula is C32H54O. The fourth-order valence-electron chi connectivity index (χ4n) is 6.46. The van der Waals surface area contributed by atoms with Crippen molar-refractivity contribution in [3.63, 3.8) is 0 Å². The predicted octanol–water partition coefficient (Wildman–Crippen LogP) is 10.2. The van der Waals surface area contributed by atoms with Crippen molar-refractivity contribution < 1.29 is 4.74 Å². The van der Waals surface area contributed by atoms with E-state index in [1.165, 1.54) is 128 Å². The zero-order valence-corrected chi connectivity index (χ0v) is 22.2. The average molecular weight is 455 g/mol. The molecule has 0 N–H and O–H groups in total. The zero-order chi connectivity index (χ0) is 23.1. The molecule has 2 aliphatic rings. The van der Waals surface area contributed by atoms with Gasteiger partial charge in [-0.2, -0.15) is 0 Å². The molecule has 1 aromatic carbocycles. The standard InChI is InChI=1S/C32H54O/c1-3-5-6-7-8-10-28-16-18-30(19-17-28)20-21-31-22-24-32(25-23-31)33-26-9-11-29-14-12-27(4-2)13-15-29/h22-25,27-30H,3-21,26H2,1-2H3. The van der Waals surface area contributed by atoms with Crippen LogP contribution in [0.25, 0.3) is 0 Å². The summed E-state index contributed by atoms with van der Waals surface area (Å²) in [5.41, 5.74) is 1.49. The third-order valence-electron chi connectivity index (χ3n) is 9.02. The lowest BCUT2D eigenvalue weighted by atomic mass is 9.78. The fourth-order valence-corrected chi connectivity index (χ4v) is 6.46. The van der Waals surface area contributed by atoms with E-state index in [2.05, 4.69) is 38.1 Å². The van der Waals surface area contributed by atoms with Crippen molar-refractivity contribution in [1.29, 1.82) is 0 Å². The van der Waals surface area contributed by atoms with Gasteiger partial charge in [0, 0.05) is 0 Å². The van der Waals surface area contributed by atoms with Gasteiger partial charge in [0.25, 0.3) is 0 Å². The highest BCUT2D eigenvalue weighted by molar-refractivity contribution is 5.27. The Hall–Kier alpha value is -0.980. The van der Waals surface area contributed by atoms with Gasteiger partial charge in [-0.1, -0.05) is 122 Å². The molecule has 0 saturated heterocycles. The molecule has 0 radical (unpaired) electrons. The van der Waals surface area contributed by atoms with Crippen LogP contribution >= 0.6 is 0 Å². The van der Waals surface area contributed by atoms with Gasteiger partial charge in [0.05, 0.1) is 6.61 Å². The van der Waals surface area contributed by atoms with Crippen molar-refractivity contribution in [2.45, 2.75) is 136 Å². The van der Waals surface area contributed by atoms with Crippen LogP contribution in [0.3, 0.4) is 0 Å². The van der Waals surface area contributed by atoms with Crippen molar-refractivity contribution in [1.82, 2.24) is 0 Å². The molecule has 1 aromatic rings. The summed E-state index contributed by atoms with van der Waals surface area (Å²) in [6.45, 7) is 5.55. The Morgan fingerprint density at radius 3 is 1.76 bits per heavy atom. The van der Waals surface area contributed by atoms with Crippen LogP contribution in [0.15, 0.2) is 24.3 Å². The van der Waals surface area contributed by atoms with Crippen molar-refractivity contribution in [2.24, 2.45) is 23.7 Å². The van der Waals surface area contributed by atoms with E-state index in [9.17, 15) is 0 Å². The normalized spacial score (nSPS) is 25.8. The van der Waals surface area contributed by atoms with Gasteiger partial charge >= 0.3 is 0 Å². The van der Waals surface area contributed by atoms with Crippen LogP contribution in [0.1, 0.15) is 135 Å². The molecule has 188 valence electrons. The summed E-state index contributed by atoms with van der Waals surface area (Å²) >= 11 is 0. The Labute approximate surface area is 206 Å². The largest absolute Gasteiger partial charge is 0.494 e. The van der Waals surface area contributed by atoms with Crippen LogP contribution in [-0.2, 0) is 6.42 Å². The third-order valence-corrected chi connectivity index (χ3v) is 9.02. The number of ether oxygens (including phenoxy) is 1. The molecule has 0 unspecified atom stereocenters. The maximum absolute atomic E-state index is 6.05. The summed E-state index contributed by atoms with van der Waals surface area (Å²) in [6, 6.07) is 9.03. The number of benzene rings is 1. The first-order chi connectivity index (χ1) is 16.3. The Bertz CT molecular complexity index is 589. The van der Waals surface area contributed by atoms with E-state index < -0.39 is 0 Å². The molecule has 1 heteroatoms. The van der Waals surface area contributed by atoms with Crippen molar-refractivity contribution in [3.05, 3.63) is 29.8 Å². The maximum atomic E-state index is 6.05. The SMILES string of the molecule is CCCCCCCC1CCC(CCc2ccc(OCCCC3CCC(CC)CC3)cc2)CC1. The lowest BCUT2D eigenvalue weighted by Crippen LogP contribution is -2.15. The van der Waals surface area contributed by atoms with Crippen LogP contribution in [-0.4, -0.2) is 6.61 Å². The first-order valence-electron chi connectivity index (χ1n) is 15.0. The molecule has 33 heavy (non-hydrogen) atoms. The predicted molar refractivity (Wildman–Crippen MR) is 144 cm³/mol. The first-order valence-corrected chi connectivity index (χ1v) is 15.0. The summed E-state index contributed by atoms with van der Waals surface area (Å²) < 4.78 is 6.05. The van der Waals surface area contributed by atoms with Gasteiger partial charge in [-0.05, 0) is 67.1 Å². The molecule has 1 nitrogen and oxygen atoms in total. The summed E-state index contributed by atoms with van der Waals surface area (Å²) in [5, 5.41) is 0. The molecule has 0 aliphatic heterocycles. The summed E-state index contributed by atoms with van der Waals surface area (Å²) in [6.07, 6.45) is 27.0. The monoisotopic (exact) mass is 454 g/mol. The van der Waals surface area contributed by atoms with Crippen LogP contribution in [0.4, 0.5) is 0 Å². The number of unbranched alkanes of at least 4 members (excludes halogenated alkanes) is 4. The number of hydrogen-bond donors (Lipinski definition) is 0. The van der Waals surface area contributed by atoms with Crippen LogP contribution in [0.5, 0.6) is 5.75 Å². The summed E-state index contributed by atoms with van der Waals surface area (Å²) in [7, 11) is 0. The Morgan fingerprint density at radius 2 is 1.15 bits per heavy atom. The minimum Gasteiger partial charge on any atom is -0.494 e. The Morgan fingerprint density at radius 1 is 0.606 bits per heavy atom. The van der Waals surface area contributed by atoms with Crippen molar-refractivity contribution >= 4 is 0 Å². The molecule has 0 heterocycles. The van der Waals surface area contributed by atoms with Gasteiger partial charge in [-0.15, -0.1) is 0 Å². The van der Waals surface area contributed by atoms with Crippen molar-refractivity contribution in [2.75, 3.05) is 6.61 Å². The van der Waals surface area contributed by atoms with E-state index in [0.717, 1.165) is 36.0 Å². The number of rotatable bonds is 15. The van der Waals surface area contributed by atoms with Crippen molar-refractivity contribution in [3.8, 4) is 5.75 Å². The van der Waals surface area contributed by atoms with Gasteiger partial charge in [-0.25, -0.2) is 0 Å². The smallest absolute Gasteiger partial charge is 0.119 e. The first kappa shape index (κ1) is 26.6. The summed E-state index contributed by atoms with van der Waals surface area (Å²) in [4.78, 5) is 0. The highest BCUT2D eigenvalue weighted by atomic mass is 16.5. The summed E-state index contributed by atoms with van der Waals surface area (Å²) in [5.74, 6) is 5.03. The number of aryl methyl sites for hydroxylation is 1. The highest BCUT2D eigenvalue weighted by Gasteiger charge is 2.21. The van der Waals surface area contributed by atoms with Gasteiger partial charge in [0.2, 0.25) is 0 Å². The second-order valence-corrected chi connectivity index (χ2v) is 11.6. The zero-order valence-electron chi connectivity index (χ0n) is 22.2. The van der Waals surface area contributed by atoms with Gasteiger partial charge in [0.1, 0.15) is 5.75 Å². The van der Waals surface area contributed by atoms with E-state index in [0.29, 0.717) is 0 Å². The average Bonchev–Trinajstić information content (AvgIpc) is 2.87. The van der Waals surface area contributed by atoms with E-state index >= 15 is 0 Å². The van der Waals surface area contributed by atoms with Crippen LogP contribution in [0, 0.1) is 23.7 Å². The van der Waals surface area contributed by atoms with Gasteiger partial charge in [0.15, 0.2) is 0 Å². The lowest BCUT2D eigenvalue weighted by molar-refractivity contribution is 0.234. The quantitative estimate of drug-likeness (QED) is 0.239. The van der Waals surface area contributed by atoms with E-state index in [1.54, 1.807) is 0 Å². The molecule has 0 atom stereocenters. The molecule has 2 aliphatic carbocycles. The van der Waals surface area contributed by atoms with Crippen LogP contribution in [0.2, 0.25) is 0 Å². The highest BCUT2D eigenvalue weighted by Crippen LogP contribution is 2.35. The molecule has 0 bridgehead atoms. The minimum atomic E-state index is 0.884. The Kier molecular flexibility index (Phi) is 12.8. The van der Waals surface area contributed by atoms with Gasteiger partial charge in [-0.3, -0.25) is 0 Å². The molecule has 0 amide bonds. The number of hydrogen-bond acceptors (Lipinski definition) is 1. The lowest BCUT2D eigenvalue weighted by Gasteiger charge is -2.28. The molecule has 2 saturated carbocycles. The third kappa shape index (κ3) is 10.4. The molecule has 0 spiro atoms. The van der Waals surface area contributed by atoms with Gasteiger partial charge < -0.3 is 4.74 Å². The molecular weight excluding hydrogens is 400 g/mol. The maximum Gasteiger partial charge on any atom is 0.119 e. The topological polar surface area (TPSA) is 9.23 Å². The van der Waals surface area contributed by atoms with E-state index in [-0.39, 0.29) is 0 Å². The molecule has 3 rings (SSSR count).